The lowest BCUT2D eigenvalue weighted by atomic mass is 10.0. The Kier molecular flexibility index (Phi) is 9.58. The number of ether oxygens (including phenoxy) is 1. The molecule has 3 aromatic heterocycles. The van der Waals surface area contributed by atoms with Gasteiger partial charge in [0.15, 0.2) is 11.6 Å². The molecule has 0 amide bonds. The first-order valence-corrected chi connectivity index (χ1v) is 13.7. The second-order valence-electron chi connectivity index (χ2n) is 9.94. The zero-order valence-electron chi connectivity index (χ0n) is 22.8. The number of fused-ring (bicyclic) bond motifs is 1. The SMILES string of the molecule is CNc1ncc(-c2ccc(CN[C@H]3C[C@@H](O)[C@@H](N(C)c4ncnc5sc(CC(F)(F)F)cc45)C3)cc2)cc1OC.Cl. The summed E-state index contributed by atoms with van der Waals surface area (Å²) in [7, 11) is 5.24. The number of aliphatic hydroxyl groups is 1. The number of rotatable bonds is 9. The lowest BCUT2D eigenvalue weighted by molar-refractivity contribution is -0.126. The van der Waals surface area contributed by atoms with Gasteiger partial charge in [-0.15, -0.1) is 23.7 Å². The Hall–Kier alpha value is -3.19. The molecule has 1 aliphatic rings. The Balaban J connectivity index is 0.00000387. The van der Waals surface area contributed by atoms with Crippen molar-refractivity contribution in [1.29, 1.82) is 0 Å². The highest BCUT2D eigenvalue weighted by Crippen LogP contribution is 2.36. The molecule has 0 unspecified atom stereocenters. The molecular formula is C28H32ClF3N6O2S. The number of aromatic nitrogens is 3. The maximum Gasteiger partial charge on any atom is 0.393 e. The zero-order chi connectivity index (χ0) is 28.4. The summed E-state index contributed by atoms with van der Waals surface area (Å²) in [6.45, 7) is 0.636. The van der Waals surface area contributed by atoms with Crippen LogP contribution in [0.25, 0.3) is 21.3 Å². The van der Waals surface area contributed by atoms with E-state index in [2.05, 4.69) is 37.7 Å². The van der Waals surface area contributed by atoms with Gasteiger partial charge in [0.05, 0.1) is 31.1 Å². The molecule has 0 saturated heterocycles. The van der Waals surface area contributed by atoms with Crippen LogP contribution in [0.2, 0.25) is 0 Å². The highest BCUT2D eigenvalue weighted by atomic mass is 35.5. The fourth-order valence-electron chi connectivity index (χ4n) is 5.22. The van der Waals surface area contributed by atoms with E-state index in [1.54, 1.807) is 20.4 Å². The highest BCUT2D eigenvalue weighted by molar-refractivity contribution is 7.18. The van der Waals surface area contributed by atoms with Gasteiger partial charge in [0, 0.05) is 43.3 Å². The molecule has 8 nitrogen and oxygen atoms in total. The van der Waals surface area contributed by atoms with Gasteiger partial charge in [0.25, 0.3) is 0 Å². The standard InChI is InChI=1S/C28H31F3N6O2S.ClH/c1-32-25-24(39-3)8-18(14-34-25)17-6-4-16(5-7-17)13-33-19-9-22(23(38)10-19)37(2)26-21-11-20(12-28(29,30)31)40-27(21)36-15-35-26;/h4-8,11,14-15,19,22-23,33,38H,9-10,12-13H2,1-3H3,(H,32,34);1H/t19-,22+,23-;/m1./s1. The van der Waals surface area contributed by atoms with Crippen LogP contribution in [-0.4, -0.2) is 65.6 Å². The first-order chi connectivity index (χ1) is 19.1. The summed E-state index contributed by atoms with van der Waals surface area (Å²) in [5.74, 6) is 1.89. The molecule has 220 valence electrons. The number of nitrogens with zero attached hydrogens (tertiary/aromatic N) is 4. The van der Waals surface area contributed by atoms with Gasteiger partial charge >= 0.3 is 6.18 Å². The Morgan fingerprint density at radius 3 is 2.54 bits per heavy atom. The number of alkyl halides is 3. The fraction of sp³-hybridized carbons (Fsp3) is 0.393. The molecule has 1 aromatic carbocycles. The number of hydrogen-bond acceptors (Lipinski definition) is 9. The average molecular weight is 609 g/mol. The molecule has 1 fully saturated rings. The third-order valence-electron chi connectivity index (χ3n) is 7.25. The molecule has 0 radical (unpaired) electrons. The Morgan fingerprint density at radius 2 is 1.85 bits per heavy atom. The van der Waals surface area contributed by atoms with Gasteiger partial charge < -0.3 is 25.4 Å². The van der Waals surface area contributed by atoms with Crippen LogP contribution in [0.1, 0.15) is 23.3 Å². The Labute approximate surface area is 246 Å². The molecule has 13 heteroatoms. The van der Waals surface area contributed by atoms with E-state index in [0.29, 0.717) is 47.0 Å². The third kappa shape index (κ3) is 7.00. The number of aliphatic hydroxyl groups excluding tert-OH is 1. The van der Waals surface area contributed by atoms with Crippen molar-refractivity contribution in [1.82, 2.24) is 20.3 Å². The van der Waals surface area contributed by atoms with Gasteiger partial charge in [-0.2, -0.15) is 13.2 Å². The zero-order valence-corrected chi connectivity index (χ0v) is 24.4. The molecule has 1 saturated carbocycles. The fourth-order valence-corrected chi connectivity index (χ4v) is 6.24. The third-order valence-corrected chi connectivity index (χ3v) is 8.30. The highest BCUT2D eigenvalue weighted by Gasteiger charge is 2.37. The molecule has 4 aromatic rings. The Morgan fingerprint density at radius 1 is 1.10 bits per heavy atom. The first-order valence-electron chi connectivity index (χ1n) is 12.9. The number of likely N-dealkylation sites (N-methyl/N-ethyl adjacent to an activating group) is 1. The van der Waals surface area contributed by atoms with Crippen LogP contribution >= 0.6 is 23.7 Å². The van der Waals surface area contributed by atoms with Crippen molar-refractivity contribution in [2.75, 3.05) is 31.4 Å². The number of benzene rings is 1. The predicted molar refractivity (Wildman–Crippen MR) is 158 cm³/mol. The van der Waals surface area contributed by atoms with Crippen molar-refractivity contribution in [2.24, 2.45) is 0 Å². The quantitative estimate of drug-likeness (QED) is 0.231. The van der Waals surface area contributed by atoms with Gasteiger partial charge in [0.2, 0.25) is 0 Å². The molecule has 3 atom stereocenters. The van der Waals surface area contributed by atoms with Crippen LogP contribution in [0.5, 0.6) is 5.75 Å². The van der Waals surface area contributed by atoms with Crippen molar-refractivity contribution in [3.63, 3.8) is 0 Å². The molecule has 3 N–H and O–H groups in total. The maximum atomic E-state index is 12.9. The molecule has 41 heavy (non-hydrogen) atoms. The van der Waals surface area contributed by atoms with E-state index < -0.39 is 18.7 Å². The van der Waals surface area contributed by atoms with E-state index in [-0.39, 0.29) is 29.4 Å². The second-order valence-corrected chi connectivity index (χ2v) is 11.1. The number of hydrogen-bond donors (Lipinski definition) is 3. The first kappa shape index (κ1) is 30.8. The molecule has 5 rings (SSSR count). The molecule has 3 heterocycles. The van der Waals surface area contributed by atoms with Crippen LogP contribution in [0.4, 0.5) is 24.8 Å². The predicted octanol–water partition coefficient (Wildman–Crippen LogP) is 5.45. The monoisotopic (exact) mass is 608 g/mol. The number of methoxy groups -OCH3 is 1. The molecule has 1 aliphatic carbocycles. The second kappa shape index (κ2) is 12.8. The van der Waals surface area contributed by atoms with Crippen LogP contribution in [-0.2, 0) is 13.0 Å². The normalized spacial score (nSPS) is 18.8. The van der Waals surface area contributed by atoms with Crippen molar-refractivity contribution in [2.45, 2.75) is 50.2 Å². The van der Waals surface area contributed by atoms with Crippen molar-refractivity contribution >= 4 is 45.6 Å². The van der Waals surface area contributed by atoms with E-state index in [4.69, 9.17) is 4.74 Å². The molecule has 0 aliphatic heterocycles. The minimum Gasteiger partial charge on any atom is -0.493 e. The van der Waals surface area contributed by atoms with Crippen molar-refractivity contribution in [3.05, 3.63) is 59.4 Å². The summed E-state index contributed by atoms with van der Waals surface area (Å²) in [5.41, 5.74) is 3.09. The summed E-state index contributed by atoms with van der Waals surface area (Å²) < 4.78 is 44.2. The summed E-state index contributed by atoms with van der Waals surface area (Å²) in [6.07, 6.45) is -1.49. The van der Waals surface area contributed by atoms with Gasteiger partial charge in [-0.1, -0.05) is 24.3 Å². The van der Waals surface area contributed by atoms with Crippen LogP contribution in [0.3, 0.4) is 0 Å². The van der Waals surface area contributed by atoms with Gasteiger partial charge in [-0.25, -0.2) is 15.0 Å². The molecule has 0 spiro atoms. The van der Waals surface area contributed by atoms with Crippen LogP contribution < -0.4 is 20.3 Å². The van der Waals surface area contributed by atoms with E-state index >= 15 is 0 Å². The van der Waals surface area contributed by atoms with Crippen molar-refractivity contribution < 1.29 is 23.0 Å². The summed E-state index contributed by atoms with van der Waals surface area (Å²) in [5, 5.41) is 18.0. The average Bonchev–Trinajstić information content (AvgIpc) is 3.52. The van der Waals surface area contributed by atoms with E-state index in [9.17, 15) is 18.3 Å². The largest absolute Gasteiger partial charge is 0.493 e. The minimum absolute atomic E-state index is 0. The van der Waals surface area contributed by atoms with Crippen molar-refractivity contribution in [3.8, 4) is 16.9 Å². The lowest BCUT2D eigenvalue weighted by Gasteiger charge is -2.28. The topological polar surface area (TPSA) is 95.4 Å². The summed E-state index contributed by atoms with van der Waals surface area (Å²) >= 11 is 1.02. The Bertz CT molecular complexity index is 1470. The molecule has 0 bridgehead atoms. The summed E-state index contributed by atoms with van der Waals surface area (Å²) in [6, 6.07) is 11.5. The number of halogens is 4. The van der Waals surface area contributed by atoms with Crippen LogP contribution in [0, 0.1) is 0 Å². The molecular weight excluding hydrogens is 577 g/mol. The minimum atomic E-state index is -4.29. The van der Waals surface area contributed by atoms with E-state index in [1.165, 1.54) is 12.4 Å². The number of anilines is 2. The lowest BCUT2D eigenvalue weighted by Crippen LogP contribution is -2.38. The van der Waals surface area contributed by atoms with E-state index in [0.717, 1.165) is 28.0 Å². The van der Waals surface area contributed by atoms with Gasteiger partial charge in [0.1, 0.15) is 17.0 Å². The van der Waals surface area contributed by atoms with Crippen LogP contribution in [0.15, 0.2) is 48.9 Å². The number of pyridine rings is 1. The van der Waals surface area contributed by atoms with E-state index in [1.807, 2.05) is 30.1 Å². The number of nitrogens with one attached hydrogen (secondary N) is 2. The smallest absolute Gasteiger partial charge is 0.393 e. The number of thiophene rings is 1. The van der Waals surface area contributed by atoms with Gasteiger partial charge in [-0.3, -0.25) is 0 Å². The summed E-state index contributed by atoms with van der Waals surface area (Å²) in [4.78, 5) is 15.5. The maximum absolute atomic E-state index is 12.9. The van der Waals surface area contributed by atoms with Gasteiger partial charge in [-0.05, 0) is 36.1 Å².